The Bertz CT molecular complexity index is 374. The highest BCUT2D eigenvalue weighted by Gasteiger charge is 2.42. The quantitative estimate of drug-likeness (QED) is 0.586. The number of rotatable bonds is 4. The molecule has 0 N–H and O–H groups in total. The molecule has 5 heteroatoms. The average Bonchev–Trinajstić information content (AvgIpc) is 2.37. The molecule has 5 nitrogen and oxygen atoms in total. The smallest absolute Gasteiger partial charge is 0.319 e. The summed E-state index contributed by atoms with van der Waals surface area (Å²) in [7, 11) is 4.07. The fourth-order valence-electron chi connectivity index (χ4n) is 2.81. The summed E-state index contributed by atoms with van der Waals surface area (Å²) in [6.45, 7) is 9.25. The number of likely N-dealkylation sites (tertiary alicyclic amines) is 1. The lowest BCUT2D eigenvalue weighted by atomic mass is 9.79. The van der Waals surface area contributed by atoms with E-state index in [1.54, 1.807) is 6.92 Å². The van der Waals surface area contributed by atoms with Gasteiger partial charge in [0.05, 0.1) is 6.61 Å². The Kier molecular flexibility index (Phi) is 6.20. The Labute approximate surface area is 128 Å². The van der Waals surface area contributed by atoms with E-state index in [-0.39, 0.29) is 5.91 Å². The largest absolute Gasteiger partial charge is 0.465 e. The second kappa shape index (κ2) is 7.25. The van der Waals surface area contributed by atoms with Crippen LogP contribution in [-0.2, 0) is 14.3 Å². The normalized spacial score (nSPS) is 21.3. The van der Waals surface area contributed by atoms with Crippen LogP contribution >= 0.6 is 0 Å². The van der Waals surface area contributed by atoms with Gasteiger partial charge in [0.25, 0.3) is 0 Å². The van der Waals surface area contributed by atoms with Gasteiger partial charge in [-0.05, 0) is 39.3 Å². The van der Waals surface area contributed by atoms with Gasteiger partial charge in [-0.25, -0.2) is 0 Å². The first-order valence-corrected chi connectivity index (χ1v) is 7.80. The molecular weight excluding hydrogens is 268 g/mol. The number of esters is 1. The molecule has 1 aliphatic heterocycles. The molecule has 122 valence electrons. The second-order valence-electron chi connectivity index (χ2n) is 7.10. The zero-order valence-corrected chi connectivity index (χ0v) is 14.3. The van der Waals surface area contributed by atoms with E-state index >= 15 is 0 Å². The molecule has 1 fully saturated rings. The maximum absolute atomic E-state index is 12.8. The lowest BCUT2D eigenvalue weighted by Gasteiger charge is -2.39. The molecular formula is C16H30N2O3. The van der Waals surface area contributed by atoms with Crippen molar-refractivity contribution in [3.05, 3.63) is 0 Å². The molecule has 21 heavy (non-hydrogen) atoms. The molecule has 0 bridgehead atoms. The summed E-state index contributed by atoms with van der Waals surface area (Å²) in [5.74, 6) is -1.21. The molecule has 1 rings (SSSR count). The minimum atomic E-state index is -0.724. The van der Waals surface area contributed by atoms with Crippen molar-refractivity contribution in [2.45, 2.75) is 46.6 Å². The van der Waals surface area contributed by atoms with Gasteiger partial charge in [-0.1, -0.05) is 20.8 Å². The van der Waals surface area contributed by atoms with Gasteiger partial charge in [-0.15, -0.1) is 0 Å². The number of likely N-dealkylation sites (N-methyl/N-ethyl adjacent to an activating group) is 1. The van der Waals surface area contributed by atoms with Crippen molar-refractivity contribution in [1.29, 1.82) is 0 Å². The summed E-state index contributed by atoms with van der Waals surface area (Å²) in [4.78, 5) is 29.0. The van der Waals surface area contributed by atoms with Crippen molar-refractivity contribution >= 4 is 11.9 Å². The highest BCUT2D eigenvalue weighted by Crippen LogP contribution is 2.30. The number of piperidine rings is 1. The average molecular weight is 298 g/mol. The lowest BCUT2D eigenvalue weighted by Crippen LogP contribution is -2.52. The molecule has 0 aromatic rings. The van der Waals surface area contributed by atoms with Gasteiger partial charge in [0, 0.05) is 19.1 Å². The van der Waals surface area contributed by atoms with Crippen molar-refractivity contribution in [1.82, 2.24) is 9.80 Å². The second-order valence-corrected chi connectivity index (χ2v) is 7.10. The Morgan fingerprint density at radius 1 is 1.33 bits per heavy atom. The minimum Gasteiger partial charge on any atom is -0.465 e. The molecule has 0 aliphatic carbocycles. The Hall–Kier alpha value is -1.10. The number of carbonyl (C=O) groups is 2. The van der Waals surface area contributed by atoms with E-state index in [1.807, 2.05) is 39.8 Å². The highest BCUT2D eigenvalue weighted by molar-refractivity contribution is 5.98. The Morgan fingerprint density at radius 3 is 2.43 bits per heavy atom. The molecule has 0 saturated carbocycles. The zero-order chi connectivity index (χ0) is 16.2. The maximum Gasteiger partial charge on any atom is 0.319 e. The number of carbonyl (C=O) groups excluding carboxylic acids is 2. The minimum absolute atomic E-state index is 0.0903. The summed E-state index contributed by atoms with van der Waals surface area (Å²) in [5, 5.41) is 0. The lowest BCUT2D eigenvalue weighted by molar-refractivity contribution is -0.161. The third-order valence-electron chi connectivity index (χ3n) is 4.07. The van der Waals surface area contributed by atoms with Gasteiger partial charge in [0.1, 0.15) is 5.92 Å². The molecule has 1 amide bonds. The van der Waals surface area contributed by atoms with E-state index in [0.29, 0.717) is 19.2 Å². The van der Waals surface area contributed by atoms with Gasteiger partial charge in [0.2, 0.25) is 5.91 Å². The molecule has 0 radical (unpaired) electrons. The summed E-state index contributed by atoms with van der Waals surface area (Å²) < 4.78 is 5.12. The number of nitrogens with zero attached hydrogens (tertiary/aromatic N) is 2. The molecule has 0 spiro atoms. The third kappa shape index (κ3) is 4.70. The van der Waals surface area contributed by atoms with Crippen LogP contribution in [0.15, 0.2) is 0 Å². The fourth-order valence-corrected chi connectivity index (χ4v) is 2.81. The summed E-state index contributed by atoms with van der Waals surface area (Å²) in [5.41, 5.74) is -0.436. The topological polar surface area (TPSA) is 49.9 Å². The molecule has 1 saturated heterocycles. The van der Waals surface area contributed by atoms with Crippen molar-refractivity contribution in [2.75, 3.05) is 33.8 Å². The molecule has 0 aromatic carbocycles. The van der Waals surface area contributed by atoms with Crippen LogP contribution < -0.4 is 0 Å². The maximum atomic E-state index is 12.8. The van der Waals surface area contributed by atoms with Crippen LogP contribution in [0.4, 0.5) is 0 Å². The predicted molar refractivity (Wildman–Crippen MR) is 82.9 cm³/mol. The highest BCUT2D eigenvalue weighted by atomic mass is 16.5. The van der Waals surface area contributed by atoms with Crippen molar-refractivity contribution in [3.8, 4) is 0 Å². The third-order valence-corrected chi connectivity index (χ3v) is 4.07. The first kappa shape index (κ1) is 18.0. The van der Waals surface area contributed by atoms with Crippen molar-refractivity contribution < 1.29 is 14.3 Å². The molecule has 1 aliphatic rings. The number of ether oxygens (including phenoxy) is 1. The van der Waals surface area contributed by atoms with Gasteiger partial charge >= 0.3 is 5.97 Å². The number of hydrogen-bond donors (Lipinski definition) is 0. The predicted octanol–water partition coefficient (Wildman–Crippen LogP) is 1.76. The van der Waals surface area contributed by atoms with Gasteiger partial charge < -0.3 is 14.5 Å². The first-order chi connectivity index (χ1) is 9.68. The van der Waals surface area contributed by atoms with E-state index in [1.165, 1.54) is 0 Å². The van der Waals surface area contributed by atoms with E-state index in [0.717, 1.165) is 19.4 Å². The van der Waals surface area contributed by atoms with Crippen LogP contribution in [0.3, 0.4) is 0 Å². The van der Waals surface area contributed by atoms with Crippen LogP contribution in [0, 0.1) is 11.3 Å². The molecule has 2 unspecified atom stereocenters. The Morgan fingerprint density at radius 2 is 1.95 bits per heavy atom. The van der Waals surface area contributed by atoms with E-state index in [2.05, 4.69) is 4.90 Å². The summed E-state index contributed by atoms with van der Waals surface area (Å²) in [6.07, 6.45) is 2.07. The van der Waals surface area contributed by atoms with Crippen molar-refractivity contribution in [3.63, 3.8) is 0 Å². The Balaban J connectivity index is 2.87. The van der Waals surface area contributed by atoms with E-state index in [9.17, 15) is 9.59 Å². The first-order valence-electron chi connectivity index (χ1n) is 7.80. The molecule has 0 aromatic heterocycles. The van der Waals surface area contributed by atoms with E-state index in [4.69, 9.17) is 4.74 Å². The van der Waals surface area contributed by atoms with Crippen molar-refractivity contribution in [2.24, 2.45) is 11.3 Å². The van der Waals surface area contributed by atoms with E-state index < -0.39 is 17.3 Å². The number of hydrogen-bond acceptors (Lipinski definition) is 4. The standard InChI is InChI=1S/C16H30N2O3/c1-7-21-15(20)13(16(2,3)4)14(19)18-10-8-9-12(11-18)17(5)6/h12-13H,7-11H2,1-6H3. The molecule has 1 heterocycles. The monoisotopic (exact) mass is 298 g/mol. The summed E-state index contributed by atoms with van der Waals surface area (Å²) >= 11 is 0. The van der Waals surface area contributed by atoms with Gasteiger partial charge in [0.15, 0.2) is 0 Å². The van der Waals surface area contributed by atoms with Crippen LogP contribution in [0.5, 0.6) is 0 Å². The SMILES string of the molecule is CCOC(=O)C(C(=O)N1CCCC(N(C)C)C1)C(C)(C)C. The van der Waals surface area contributed by atoms with Crippen LogP contribution in [0.1, 0.15) is 40.5 Å². The molecule has 2 atom stereocenters. The van der Waals surface area contributed by atoms with Gasteiger partial charge in [-0.2, -0.15) is 0 Å². The zero-order valence-electron chi connectivity index (χ0n) is 14.3. The van der Waals surface area contributed by atoms with Crippen LogP contribution in [0.2, 0.25) is 0 Å². The van der Waals surface area contributed by atoms with Crippen LogP contribution in [-0.4, -0.2) is 61.5 Å². The number of amides is 1. The van der Waals surface area contributed by atoms with Crippen LogP contribution in [0.25, 0.3) is 0 Å². The van der Waals surface area contributed by atoms with Gasteiger partial charge in [-0.3, -0.25) is 9.59 Å². The summed E-state index contributed by atoms with van der Waals surface area (Å²) in [6, 6.07) is 0.366. The fraction of sp³-hybridized carbons (Fsp3) is 0.875.